The molecular formula is C32H31IN2O8. The quantitative estimate of drug-likeness (QED) is 0.250. The van der Waals surface area contributed by atoms with Gasteiger partial charge in [0.1, 0.15) is 0 Å². The van der Waals surface area contributed by atoms with Crippen LogP contribution in [0.5, 0.6) is 11.5 Å². The van der Waals surface area contributed by atoms with E-state index in [2.05, 4.69) is 0 Å². The molecule has 4 amide bonds. The molecule has 0 radical (unpaired) electrons. The molecule has 10 nitrogen and oxygen atoms in total. The molecule has 2 aliphatic carbocycles. The number of carbonyl (C=O) groups excluding carboxylic acids is 4. The summed E-state index contributed by atoms with van der Waals surface area (Å²) in [5, 5.41) is 19.7. The van der Waals surface area contributed by atoms with Crippen LogP contribution in [-0.4, -0.2) is 58.4 Å². The van der Waals surface area contributed by atoms with Gasteiger partial charge in [0.2, 0.25) is 23.6 Å². The number of allylic oxidation sites excluding steroid dienone is 2. The molecule has 2 aliphatic heterocycles. The molecule has 3 fully saturated rings. The van der Waals surface area contributed by atoms with Crippen molar-refractivity contribution in [1.82, 2.24) is 4.90 Å². The fraction of sp³-hybridized carbons (Fsp3) is 0.406. The standard InChI is InChI=1S/C32H31IN2O8/c1-32-21(29(40)35(31(32)42)17-7-4-3-5-8-17)15-20-18(26(32)16-13-22(33)27(38)23(14-16)43-2)10-11-19-25(20)30(41)34(28(19)39)12-6-9-24(36)37/h3-5,7-8,10,13-14,19-21,25-26,38H,6,9,11-12,15H2,1-2H3,(H,36,37)/t19-,20+,21-,25-,26-,32+/m0/s1. The Balaban J connectivity index is 1.48. The second kappa shape index (κ2) is 10.8. The fourth-order valence-corrected chi connectivity index (χ4v) is 8.43. The molecule has 0 aromatic heterocycles. The zero-order valence-corrected chi connectivity index (χ0v) is 25.8. The zero-order valence-electron chi connectivity index (χ0n) is 23.7. The van der Waals surface area contributed by atoms with Gasteiger partial charge < -0.3 is 14.9 Å². The molecule has 2 aromatic carbocycles. The predicted molar refractivity (Wildman–Crippen MR) is 162 cm³/mol. The molecule has 0 unspecified atom stereocenters. The van der Waals surface area contributed by atoms with Gasteiger partial charge in [-0.25, -0.2) is 4.90 Å². The van der Waals surface area contributed by atoms with Crippen LogP contribution in [0.3, 0.4) is 0 Å². The number of nitrogens with zero attached hydrogens (tertiary/aromatic N) is 2. The first kappa shape index (κ1) is 29.3. The van der Waals surface area contributed by atoms with Gasteiger partial charge in [-0.1, -0.05) is 29.8 Å². The van der Waals surface area contributed by atoms with Crippen LogP contribution in [0.1, 0.15) is 44.1 Å². The molecule has 2 aromatic rings. The monoisotopic (exact) mass is 698 g/mol. The number of fused-ring (bicyclic) bond motifs is 4. The highest BCUT2D eigenvalue weighted by Gasteiger charge is 2.67. The maximum atomic E-state index is 14.4. The number of anilines is 1. The maximum Gasteiger partial charge on any atom is 0.303 e. The summed E-state index contributed by atoms with van der Waals surface area (Å²) in [5.41, 5.74) is 0.761. The summed E-state index contributed by atoms with van der Waals surface area (Å²) in [6, 6.07) is 12.2. The molecule has 2 N–H and O–H groups in total. The molecule has 0 bridgehead atoms. The van der Waals surface area contributed by atoms with Crippen LogP contribution in [0.25, 0.3) is 0 Å². The van der Waals surface area contributed by atoms with Gasteiger partial charge in [-0.2, -0.15) is 0 Å². The molecule has 6 rings (SSSR count). The number of amides is 4. The molecule has 2 heterocycles. The normalized spacial score (nSPS) is 29.7. The van der Waals surface area contributed by atoms with E-state index >= 15 is 0 Å². The first-order valence-electron chi connectivity index (χ1n) is 14.3. The van der Waals surface area contributed by atoms with Crippen molar-refractivity contribution < 1.29 is 38.9 Å². The number of phenols is 1. The highest BCUT2D eigenvalue weighted by Crippen LogP contribution is 2.64. The minimum Gasteiger partial charge on any atom is -0.504 e. The van der Waals surface area contributed by atoms with Crippen molar-refractivity contribution in [2.24, 2.45) is 29.1 Å². The first-order valence-corrected chi connectivity index (χ1v) is 15.3. The molecular weight excluding hydrogens is 667 g/mol. The number of rotatable bonds is 7. The second-order valence-corrected chi connectivity index (χ2v) is 13.0. The van der Waals surface area contributed by atoms with Gasteiger partial charge in [-0.3, -0.25) is 28.9 Å². The fourth-order valence-electron chi connectivity index (χ4n) is 7.81. The molecule has 11 heteroatoms. The summed E-state index contributed by atoms with van der Waals surface area (Å²) in [4.78, 5) is 69.3. The van der Waals surface area contributed by atoms with E-state index in [-0.39, 0.29) is 60.9 Å². The number of likely N-dealkylation sites (tertiary alicyclic amines) is 1. The molecule has 224 valence electrons. The minimum absolute atomic E-state index is 0.0240. The Morgan fingerprint density at radius 1 is 1.07 bits per heavy atom. The van der Waals surface area contributed by atoms with Crippen molar-refractivity contribution in [3.8, 4) is 11.5 Å². The second-order valence-electron chi connectivity index (χ2n) is 11.9. The number of phenolic OH excluding ortho intramolecular Hbond substituents is 1. The number of halogens is 1. The Hall–Kier alpha value is -3.74. The predicted octanol–water partition coefficient (Wildman–Crippen LogP) is 4.10. The summed E-state index contributed by atoms with van der Waals surface area (Å²) in [6.07, 6.45) is 2.48. The summed E-state index contributed by atoms with van der Waals surface area (Å²) < 4.78 is 5.97. The van der Waals surface area contributed by atoms with Gasteiger partial charge in [0.05, 0.1) is 39.5 Å². The summed E-state index contributed by atoms with van der Waals surface area (Å²) in [7, 11) is 1.44. The number of para-hydroxylation sites is 1. The Labute approximate surface area is 261 Å². The number of benzene rings is 2. The number of hydrogen-bond donors (Lipinski definition) is 2. The van der Waals surface area contributed by atoms with Crippen LogP contribution in [-0.2, 0) is 24.0 Å². The molecule has 4 aliphatic rings. The number of carbonyl (C=O) groups is 5. The average Bonchev–Trinajstić information content (AvgIpc) is 3.34. The maximum absolute atomic E-state index is 14.4. The van der Waals surface area contributed by atoms with Crippen molar-refractivity contribution in [3.63, 3.8) is 0 Å². The van der Waals surface area contributed by atoms with Crippen LogP contribution < -0.4 is 9.64 Å². The van der Waals surface area contributed by atoms with Crippen molar-refractivity contribution in [3.05, 3.63) is 63.2 Å². The number of carboxylic acids is 1. The molecule has 6 atom stereocenters. The first-order chi connectivity index (χ1) is 20.5. The van der Waals surface area contributed by atoms with Gasteiger partial charge in [0, 0.05) is 18.9 Å². The average molecular weight is 699 g/mol. The number of aromatic hydroxyl groups is 1. The third-order valence-corrected chi connectivity index (χ3v) is 10.6. The van der Waals surface area contributed by atoms with Gasteiger partial charge >= 0.3 is 5.97 Å². The van der Waals surface area contributed by atoms with Crippen LogP contribution in [0, 0.1) is 32.7 Å². The van der Waals surface area contributed by atoms with E-state index < -0.39 is 41.0 Å². The van der Waals surface area contributed by atoms with E-state index in [0.29, 0.717) is 21.2 Å². The Morgan fingerprint density at radius 3 is 2.47 bits per heavy atom. The summed E-state index contributed by atoms with van der Waals surface area (Å²) in [5.74, 6) is -5.37. The van der Waals surface area contributed by atoms with E-state index in [1.54, 1.807) is 49.4 Å². The van der Waals surface area contributed by atoms with Crippen LogP contribution in [0.15, 0.2) is 54.1 Å². The van der Waals surface area contributed by atoms with E-state index in [1.165, 1.54) is 16.9 Å². The zero-order chi connectivity index (χ0) is 30.8. The molecule has 0 spiro atoms. The summed E-state index contributed by atoms with van der Waals surface area (Å²) >= 11 is 2.00. The molecule has 43 heavy (non-hydrogen) atoms. The smallest absolute Gasteiger partial charge is 0.303 e. The minimum atomic E-state index is -1.21. The number of methoxy groups -OCH3 is 1. The molecule has 2 saturated heterocycles. The number of ether oxygens (including phenoxy) is 1. The van der Waals surface area contributed by atoms with Crippen LogP contribution >= 0.6 is 22.6 Å². The lowest BCUT2D eigenvalue weighted by Crippen LogP contribution is -2.48. The van der Waals surface area contributed by atoms with E-state index in [1.807, 2.05) is 28.7 Å². The lowest BCUT2D eigenvalue weighted by Gasteiger charge is -2.49. The Bertz CT molecular complexity index is 1590. The Morgan fingerprint density at radius 2 is 1.79 bits per heavy atom. The third-order valence-electron chi connectivity index (χ3n) is 9.76. The van der Waals surface area contributed by atoms with E-state index in [4.69, 9.17) is 9.84 Å². The number of hydrogen-bond acceptors (Lipinski definition) is 7. The van der Waals surface area contributed by atoms with Crippen molar-refractivity contribution in [2.45, 2.75) is 38.5 Å². The van der Waals surface area contributed by atoms with Gasteiger partial charge in [-0.05, 0) is 84.5 Å². The van der Waals surface area contributed by atoms with Gasteiger partial charge in [0.15, 0.2) is 11.5 Å². The van der Waals surface area contributed by atoms with E-state index in [0.717, 1.165) is 5.57 Å². The van der Waals surface area contributed by atoms with Gasteiger partial charge in [-0.15, -0.1) is 0 Å². The van der Waals surface area contributed by atoms with Crippen molar-refractivity contribution >= 4 is 57.9 Å². The van der Waals surface area contributed by atoms with Crippen molar-refractivity contribution in [2.75, 3.05) is 18.6 Å². The SMILES string of the molecule is COc1cc([C@H]2C3=CC[C@@H]4C(=O)N(CCCC(=O)O)C(=O)[C@@H]4[C@@H]3C[C@H]3C(=O)N(c4ccccc4)C(=O)[C@@]23C)cc(I)c1O. The van der Waals surface area contributed by atoms with Crippen molar-refractivity contribution in [1.29, 1.82) is 0 Å². The Kier molecular flexibility index (Phi) is 7.34. The largest absolute Gasteiger partial charge is 0.504 e. The third kappa shape index (κ3) is 4.37. The van der Waals surface area contributed by atoms with Crippen LogP contribution in [0.2, 0.25) is 0 Å². The number of imide groups is 2. The highest BCUT2D eigenvalue weighted by atomic mass is 127. The lowest BCUT2D eigenvalue weighted by molar-refractivity contribution is -0.142. The lowest BCUT2D eigenvalue weighted by atomic mass is 9.51. The van der Waals surface area contributed by atoms with Crippen LogP contribution in [0.4, 0.5) is 5.69 Å². The number of carboxylic acid groups (broad SMARTS) is 1. The summed E-state index contributed by atoms with van der Waals surface area (Å²) in [6.45, 7) is 1.83. The topological polar surface area (TPSA) is 142 Å². The molecule has 1 saturated carbocycles. The van der Waals surface area contributed by atoms with Gasteiger partial charge in [0.25, 0.3) is 0 Å². The highest BCUT2D eigenvalue weighted by molar-refractivity contribution is 14.1. The number of aliphatic carboxylic acids is 1. The van der Waals surface area contributed by atoms with E-state index in [9.17, 15) is 29.1 Å².